The summed E-state index contributed by atoms with van der Waals surface area (Å²) in [5.41, 5.74) is 2.90. The second-order valence-electron chi connectivity index (χ2n) is 3.38. The fraction of sp³-hybridized carbons (Fsp3) is 0.333. The van der Waals surface area contributed by atoms with E-state index in [0.717, 1.165) is 0 Å². The third-order valence-electron chi connectivity index (χ3n) is 2.58. The lowest BCUT2D eigenvalue weighted by Crippen LogP contribution is -2.19. The molecule has 1 aliphatic carbocycles. The highest BCUT2D eigenvalue weighted by molar-refractivity contribution is 5.34. The van der Waals surface area contributed by atoms with E-state index >= 15 is 0 Å². The van der Waals surface area contributed by atoms with Crippen molar-refractivity contribution in [3.05, 3.63) is 35.4 Å². The summed E-state index contributed by atoms with van der Waals surface area (Å²) in [5, 5.41) is 3.35. The number of aryl methyl sites for hydroxylation is 1. The lowest BCUT2D eigenvalue weighted by molar-refractivity contribution is 0.568. The molecule has 1 aromatic rings. The van der Waals surface area contributed by atoms with Crippen molar-refractivity contribution >= 4 is 0 Å². The van der Waals surface area contributed by atoms with Crippen LogP contribution in [0.1, 0.15) is 23.6 Å². The number of benzene rings is 1. The Bertz CT molecular complexity index is 335. The maximum absolute atomic E-state index is 5.21. The van der Waals surface area contributed by atoms with Crippen LogP contribution in [-0.2, 0) is 6.42 Å². The fourth-order valence-electron chi connectivity index (χ4n) is 1.95. The molecule has 0 bridgehead atoms. The number of terminal acetylenes is 1. The predicted octanol–water partition coefficient (Wildman–Crippen LogP) is 1.90. The lowest BCUT2D eigenvalue weighted by atomic mass is 10.1. The summed E-state index contributed by atoms with van der Waals surface area (Å²) in [5.74, 6) is 2.61. The Labute approximate surface area is 79.2 Å². The molecule has 1 nitrogen and oxygen atoms in total. The first-order valence-electron chi connectivity index (χ1n) is 4.66. The highest BCUT2D eigenvalue weighted by Crippen LogP contribution is 2.30. The minimum Gasteiger partial charge on any atom is -0.299 e. The molecule has 0 radical (unpaired) electrons. The average molecular weight is 174 g/mol. The van der Waals surface area contributed by atoms with Gasteiger partial charge in [0.1, 0.15) is 0 Å². The quantitative estimate of drug-likeness (QED) is 0.533. The number of hydrogen-bond donors (Lipinski definition) is 1. The maximum Gasteiger partial charge on any atom is 0.0578 e. The van der Waals surface area contributed by atoms with Gasteiger partial charge in [-0.05, 0) is 24.0 Å². The molecule has 1 aliphatic rings. The molecule has 1 N–H and O–H groups in total. The van der Waals surface area contributed by atoms with Crippen molar-refractivity contribution in [2.75, 3.05) is 6.54 Å². The third kappa shape index (κ3) is 1.59. The van der Waals surface area contributed by atoms with Gasteiger partial charge in [-0.15, -0.1) is 6.42 Å². The molecule has 0 aliphatic heterocycles. The van der Waals surface area contributed by atoms with Crippen LogP contribution in [0.15, 0.2) is 24.3 Å². The van der Waals surface area contributed by atoms with E-state index in [1.807, 2.05) is 0 Å². The van der Waals surface area contributed by atoms with E-state index in [4.69, 9.17) is 6.42 Å². The first-order valence-corrected chi connectivity index (χ1v) is 4.66. The van der Waals surface area contributed by atoms with Gasteiger partial charge in [-0.3, -0.25) is 5.32 Å². The van der Waals surface area contributed by atoms with Crippen molar-refractivity contribution in [3.8, 4) is 12.3 Å². The zero-order chi connectivity index (χ0) is 9.10. The molecule has 13 heavy (non-hydrogen) atoms. The number of hydrogen-bond acceptors (Lipinski definition) is 1. The molecule has 0 amide bonds. The SMILES string of the molecule is [13CH]#[13C][13CH2]N[C@@H]1CCc2ccccc21. The highest BCUT2D eigenvalue weighted by atomic mass is 15.1. The monoisotopic (exact) mass is 174 g/mol. The van der Waals surface area contributed by atoms with Crippen LogP contribution in [0, 0.1) is 12.3 Å². The Hall–Kier alpha value is -1.26. The molecular formula is C12H13N. The van der Waals surface area contributed by atoms with Crippen molar-refractivity contribution in [1.82, 2.24) is 5.32 Å². The molecular weight excluding hydrogens is 161 g/mol. The zero-order valence-corrected chi connectivity index (χ0v) is 7.59. The molecule has 0 fully saturated rings. The Kier molecular flexibility index (Phi) is 2.33. The molecule has 2 rings (SSSR count). The van der Waals surface area contributed by atoms with Crippen LogP contribution in [0.5, 0.6) is 0 Å². The summed E-state index contributed by atoms with van der Waals surface area (Å²) in [6, 6.07) is 9.06. The molecule has 1 aromatic carbocycles. The standard InChI is InChI=1S/C12H13N/c1-2-9-13-12-8-7-10-5-3-4-6-11(10)12/h1,3-6,12-13H,7-9H2/t12-/m1/s1/i1+1,2+1,9+1. The zero-order valence-electron chi connectivity index (χ0n) is 7.59. The molecule has 66 valence electrons. The van der Waals surface area contributed by atoms with Crippen LogP contribution in [0.4, 0.5) is 0 Å². The largest absolute Gasteiger partial charge is 0.299 e. The van der Waals surface area contributed by atoms with E-state index in [0.29, 0.717) is 12.6 Å². The molecule has 0 heterocycles. The normalized spacial score (nSPS) is 19.5. The topological polar surface area (TPSA) is 12.0 Å². The van der Waals surface area contributed by atoms with E-state index < -0.39 is 0 Å². The lowest BCUT2D eigenvalue weighted by Gasteiger charge is -2.10. The Morgan fingerprint density at radius 2 is 2.31 bits per heavy atom. The first kappa shape index (κ1) is 8.34. The molecule has 0 unspecified atom stereocenters. The summed E-state index contributed by atoms with van der Waals surface area (Å²) < 4.78 is 0. The smallest absolute Gasteiger partial charge is 0.0578 e. The van der Waals surface area contributed by atoms with E-state index in [1.165, 1.54) is 24.0 Å². The molecule has 1 atom stereocenters. The molecule has 0 saturated carbocycles. The minimum absolute atomic E-state index is 0.479. The summed E-state index contributed by atoms with van der Waals surface area (Å²) >= 11 is 0. The van der Waals surface area contributed by atoms with Crippen LogP contribution in [0.3, 0.4) is 0 Å². The van der Waals surface area contributed by atoms with Gasteiger partial charge >= 0.3 is 0 Å². The third-order valence-corrected chi connectivity index (χ3v) is 2.58. The summed E-state index contributed by atoms with van der Waals surface area (Å²) in [6.45, 7) is 0.666. The van der Waals surface area contributed by atoms with Gasteiger partial charge in [0, 0.05) is 6.04 Å². The average Bonchev–Trinajstić information content (AvgIpc) is 2.58. The molecule has 0 spiro atoms. The van der Waals surface area contributed by atoms with Crippen LogP contribution in [0.25, 0.3) is 0 Å². The van der Waals surface area contributed by atoms with E-state index in [1.54, 1.807) is 0 Å². The van der Waals surface area contributed by atoms with Gasteiger partial charge in [-0.1, -0.05) is 30.2 Å². The second-order valence-corrected chi connectivity index (χ2v) is 3.38. The van der Waals surface area contributed by atoms with Gasteiger partial charge in [0.2, 0.25) is 0 Å². The van der Waals surface area contributed by atoms with Crippen molar-refractivity contribution < 1.29 is 0 Å². The Balaban J connectivity index is 2.15. The van der Waals surface area contributed by atoms with Gasteiger partial charge in [0.05, 0.1) is 6.54 Å². The molecule has 0 aromatic heterocycles. The van der Waals surface area contributed by atoms with Crippen LogP contribution < -0.4 is 5.32 Å². The maximum atomic E-state index is 5.21. The van der Waals surface area contributed by atoms with Crippen molar-refractivity contribution in [1.29, 1.82) is 0 Å². The number of fused-ring (bicyclic) bond motifs is 1. The van der Waals surface area contributed by atoms with Crippen LogP contribution in [0.2, 0.25) is 0 Å². The van der Waals surface area contributed by atoms with E-state index in [-0.39, 0.29) is 0 Å². The summed E-state index contributed by atoms with van der Waals surface area (Å²) in [4.78, 5) is 0. The molecule has 0 saturated heterocycles. The van der Waals surface area contributed by atoms with Crippen molar-refractivity contribution in [2.45, 2.75) is 18.9 Å². The minimum atomic E-state index is 0.479. The van der Waals surface area contributed by atoms with Crippen molar-refractivity contribution in [2.24, 2.45) is 0 Å². The van der Waals surface area contributed by atoms with Crippen LogP contribution in [-0.4, -0.2) is 6.54 Å². The fourth-order valence-corrected chi connectivity index (χ4v) is 1.95. The highest BCUT2D eigenvalue weighted by Gasteiger charge is 2.20. The number of nitrogens with one attached hydrogen (secondary N) is 1. The van der Waals surface area contributed by atoms with Gasteiger partial charge in [0.25, 0.3) is 0 Å². The Morgan fingerprint density at radius 3 is 3.15 bits per heavy atom. The Morgan fingerprint density at radius 1 is 1.46 bits per heavy atom. The first-order chi connectivity index (χ1) is 6.42. The van der Waals surface area contributed by atoms with E-state index in [2.05, 4.69) is 35.5 Å². The molecule has 1 heteroatoms. The van der Waals surface area contributed by atoms with Gasteiger partial charge in [0.15, 0.2) is 0 Å². The van der Waals surface area contributed by atoms with Crippen molar-refractivity contribution in [3.63, 3.8) is 0 Å². The van der Waals surface area contributed by atoms with Crippen LogP contribution >= 0.6 is 0 Å². The number of rotatable bonds is 2. The summed E-state index contributed by atoms with van der Waals surface area (Å²) in [6.07, 6.45) is 7.57. The predicted molar refractivity (Wildman–Crippen MR) is 54.3 cm³/mol. The van der Waals surface area contributed by atoms with E-state index in [9.17, 15) is 0 Å². The second kappa shape index (κ2) is 3.64. The van der Waals surface area contributed by atoms with Gasteiger partial charge in [-0.25, -0.2) is 0 Å². The van der Waals surface area contributed by atoms with Gasteiger partial charge < -0.3 is 0 Å². The van der Waals surface area contributed by atoms with Gasteiger partial charge in [-0.2, -0.15) is 0 Å². The summed E-state index contributed by atoms with van der Waals surface area (Å²) in [7, 11) is 0.